The van der Waals surface area contributed by atoms with Crippen LogP contribution in [0.4, 0.5) is 17.1 Å². The van der Waals surface area contributed by atoms with Crippen LogP contribution in [0.3, 0.4) is 0 Å². The minimum Gasteiger partial charge on any atom is -0.310 e. The quantitative estimate of drug-likeness (QED) is 0.118. The topological polar surface area (TPSA) is 3.24 Å². The zero-order chi connectivity index (χ0) is 44.7. The Morgan fingerprint density at radius 1 is 0.426 bits per heavy atom. The van der Waals surface area contributed by atoms with E-state index >= 15 is 0 Å². The summed E-state index contributed by atoms with van der Waals surface area (Å²) in [5.41, 5.74) is 21.3. The summed E-state index contributed by atoms with van der Waals surface area (Å²) in [5, 5.41) is 0. The van der Waals surface area contributed by atoms with Crippen LogP contribution in [0.25, 0.3) is 11.1 Å². The first-order valence-corrected chi connectivity index (χ1v) is 22.9. The Balaban J connectivity index is 1.40. The summed E-state index contributed by atoms with van der Waals surface area (Å²) < 4.78 is 0. The zero-order valence-corrected chi connectivity index (χ0v) is 40.7. The van der Waals surface area contributed by atoms with E-state index in [2.05, 4.69) is 237 Å². The highest BCUT2D eigenvalue weighted by Crippen LogP contribution is 2.43. The maximum absolute atomic E-state index is 2.47. The van der Waals surface area contributed by atoms with Crippen LogP contribution >= 0.6 is 0 Å². The Morgan fingerprint density at radius 2 is 0.787 bits per heavy atom. The van der Waals surface area contributed by atoms with Crippen LogP contribution in [-0.2, 0) is 21.7 Å². The lowest BCUT2D eigenvalue weighted by Gasteiger charge is -2.32. The molecule has 0 saturated carbocycles. The number of hydrogen-bond acceptors (Lipinski definition) is 1. The van der Waals surface area contributed by atoms with Gasteiger partial charge >= 0.3 is 0 Å². The second-order valence-electron chi connectivity index (χ2n) is 21.8. The monoisotopic (exact) mass is 810 g/mol. The number of unbranched alkanes of at least 4 members (excludes halogenated alkanes) is 1. The molecule has 6 aromatic rings. The standard InChI is InChI=1S/C60H75N/c1-17-18-35-60(15,16)49-29-33-53(34-30-49)61(56-42(4)38-51(39-43(56)5)59(12,13)14)52-31-25-45(26-32-52)44-19-21-46(22-20-44)55(47-23-27-48(28-24-47)57(6,7)8)54-40(2)36-50(37-41(54)3)58(9,10)11/h19-34,36-39,55H,17-18,35H2,1-16H3. The van der Waals surface area contributed by atoms with Gasteiger partial charge in [0.05, 0.1) is 5.69 Å². The molecule has 1 unspecified atom stereocenters. The van der Waals surface area contributed by atoms with Gasteiger partial charge in [0, 0.05) is 17.3 Å². The average molecular weight is 810 g/mol. The van der Waals surface area contributed by atoms with Crippen molar-refractivity contribution in [1.82, 2.24) is 0 Å². The first-order chi connectivity index (χ1) is 28.5. The highest BCUT2D eigenvalue weighted by molar-refractivity contribution is 5.82. The van der Waals surface area contributed by atoms with Crippen LogP contribution in [0.15, 0.2) is 121 Å². The molecule has 0 bridgehead atoms. The van der Waals surface area contributed by atoms with Gasteiger partial charge < -0.3 is 4.90 Å². The zero-order valence-electron chi connectivity index (χ0n) is 40.7. The fourth-order valence-corrected chi connectivity index (χ4v) is 9.21. The van der Waals surface area contributed by atoms with Crippen molar-refractivity contribution in [2.75, 3.05) is 4.90 Å². The summed E-state index contributed by atoms with van der Waals surface area (Å²) >= 11 is 0. The van der Waals surface area contributed by atoms with Crippen molar-refractivity contribution in [3.05, 3.63) is 183 Å². The Hall–Kier alpha value is -4.88. The highest BCUT2D eigenvalue weighted by Gasteiger charge is 2.26. The SMILES string of the molecule is CCCCC(C)(C)c1ccc(N(c2ccc(-c3ccc(C(c4ccc(C(C)(C)C)cc4)c4c(C)cc(C(C)(C)C)cc4C)cc3)cc2)c2c(C)cc(C(C)(C)C)cc2C)cc1. The third-order valence-electron chi connectivity index (χ3n) is 13.2. The maximum atomic E-state index is 2.47. The third-order valence-corrected chi connectivity index (χ3v) is 13.2. The van der Waals surface area contributed by atoms with Crippen molar-refractivity contribution >= 4 is 17.1 Å². The third kappa shape index (κ3) is 10.1. The van der Waals surface area contributed by atoms with Gasteiger partial charge in [-0.15, -0.1) is 0 Å². The van der Waals surface area contributed by atoms with Gasteiger partial charge in [0.1, 0.15) is 0 Å². The summed E-state index contributed by atoms with van der Waals surface area (Å²) in [4.78, 5) is 2.47. The van der Waals surface area contributed by atoms with Crippen molar-refractivity contribution in [3.8, 4) is 11.1 Å². The van der Waals surface area contributed by atoms with Gasteiger partial charge in [-0.2, -0.15) is 0 Å². The largest absolute Gasteiger partial charge is 0.310 e. The molecule has 0 N–H and O–H groups in total. The molecule has 0 radical (unpaired) electrons. The van der Waals surface area contributed by atoms with Crippen molar-refractivity contribution in [2.24, 2.45) is 0 Å². The van der Waals surface area contributed by atoms with E-state index in [4.69, 9.17) is 0 Å². The van der Waals surface area contributed by atoms with Gasteiger partial charge in [0.15, 0.2) is 0 Å². The minimum absolute atomic E-state index is 0.0766. The molecule has 0 saturated heterocycles. The fourth-order valence-electron chi connectivity index (χ4n) is 9.21. The summed E-state index contributed by atoms with van der Waals surface area (Å²) in [7, 11) is 0. The molecule has 6 aromatic carbocycles. The fraction of sp³-hybridized carbons (Fsp3) is 0.400. The molecule has 0 fully saturated rings. The first kappa shape index (κ1) is 45.6. The van der Waals surface area contributed by atoms with Crippen LogP contribution < -0.4 is 4.90 Å². The van der Waals surface area contributed by atoms with Crippen LogP contribution in [0.2, 0.25) is 0 Å². The van der Waals surface area contributed by atoms with Crippen molar-refractivity contribution < 1.29 is 0 Å². The molecule has 6 rings (SSSR count). The number of hydrogen-bond donors (Lipinski definition) is 0. The number of aryl methyl sites for hydroxylation is 4. The van der Waals surface area contributed by atoms with E-state index in [1.165, 1.54) is 103 Å². The maximum Gasteiger partial charge on any atom is 0.0520 e. The van der Waals surface area contributed by atoms with E-state index in [0.717, 1.165) is 5.69 Å². The van der Waals surface area contributed by atoms with Gasteiger partial charge in [0.25, 0.3) is 0 Å². The normalized spacial score (nSPS) is 13.0. The van der Waals surface area contributed by atoms with Crippen molar-refractivity contribution in [1.29, 1.82) is 0 Å². The average Bonchev–Trinajstić information content (AvgIpc) is 3.19. The lowest BCUT2D eigenvalue weighted by Crippen LogP contribution is -2.18. The molecule has 1 nitrogen and oxygen atoms in total. The van der Waals surface area contributed by atoms with Gasteiger partial charge in [-0.05, 0) is 152 Å². The minimum atomic E-state index is 0.0766. The van der Waals surface area contributed by atoms with E-state index < -0.39 is 0 Å². The molecular weight excluding hydrogens is 735 g/mol. The van der Waals surface area contributed by atoms with Gasteiger partial charge in [0.2, 0.25) is 0 Å². The van der Waals surface area contributed by atoms with E-state index in [9.17, 15) is 0 Å². The molecule has 0 heterocycles. The van der Waals surface area contributed by atoms with Crippen molar-refractivity contribution in [3.63, 3.8) is 0 Å². The lowest BCUT2D eigenvalue weighted by molar-refractivity contribution is 0.458. The second kappa shape index (κ2) is 17.5. The summed E-state index contributed by atoms with van der Waals surface area (Å²) in [6, 6.07) is 47.0. The molecule has 1 heteroatoms. The number of nitrogens with zero attached hydrogens (tertiary/aromatic N) is 1. The predicted octanol–water partition coefficient (Wildman–Crippen LogP) is 17.6. The summed E-state index contributed by atoms with van der Waals surface area (Å²) in [6.45, 7) is 36.9. The molecule has 0 aliphatic heterocycles. The number of benzene rings is 6. The van der Waals surface area contributed by atoms with Crippen LogP contribution in [-0.4, -0.2) is 0 Å². The van der Waals surface area contributed by atoms with Gasteiger partial charge in [-0.1, -0.05) is 193 Å². The van der Waals surface area contributed by atoms with E-state index in [0.29, 0.717) is 0 Å². The Bertz CT molecular complexity index is 2370. The Labute approximate surface area is 371 Å². The molecule has 0 amide bonds. The smallest absolute Gasteiger partial charge is 0.0520 e. The van der Waals surface area contributed by atoms with Gasteiger partial charge in [-0.25, -0.2) is 0 Å². The van der Waals surface area contributed by atoms with Gasteiger partial charge in [-0.3, -0.25) is 0 Å². The molecule has 0 aliphatic carbocycles. The van der Waals surface area contributed by atoms with Crippen molar-refractivity contribution in [2.45, 2.75) is 158 Å². The summed E-state index contributed by atoms with van der Waals surface area (Å²) in [5.74, 6) is 0.132. The van der Waals surface area contributed by atoms with E-state index in [1.807, 2.05) is 0 Å². The highest BCUT2D eigenvalue weighted by atomic mass is 15.1. The molecule has 61 heavy (non-hydrogen) atoms. The first-order valence-electron chi connectivity index (χ1n) is 22.9. The number of anilines is 3. The van der Waals surface area contributed by atoms with Crippen LogP contribution in [0.5, 0.6) is 0 Å². The van der Waals surface area contributed by atoms with E-state index in [-0.39, 0.29) is 27.6 Å². The Morgan fingerprint density at radius 3 is 1.20 bits per heavy atom. The second-order valence-corrected chi connectivity index (χ2v) is 21.8. The summed E-state index contributed by atoms with van der Waals surface area (Å²) in [6.07, 6.45) is 3.65. The molecule has 0 aromatic heterocycles. The van der Waals surface area contributed by atoms with Crippen LogP contribution in [0.1, 0.15) is 169 Å². The molecule has 0 spiro atoms. The molecule has 1 atom stereocenters. The van der Waals surface area contributed by atoms with E-state index in [1.54, 1.807) is 0 Å². The lowest BCUT2D eigenvalue weighted by atomic mass is 9.76. The number of rotatable bonds is 11. The predicted molar refractivity (Wildman–Crippen MR) is 268 cm³/mol. The molecule has 0 aliphatic rings. The molecule has 320 valence electrons. The Kier molecular flexibility index (Phi) is 13.1. The van der Waals surface area contributed by atoms with Crippen LogP contribution in [0, 0.1) is 27.7 Å². The molecular formula is C60H75N.